The summed E-state index contributed by atoms with van der Waals surface area (Å²) >= 11 is 0. The molecule has 0 spiro atoms. The molecule has 0 saturated carbocycles. The molecule has 2 aliphatic heterocycles. The van der Waals surface area contributed by atoms with Crippen molar-refractivity contribution in [2.24, 2.45) is 0 Å². The van der Waals surface area contributed by atoms with Gasteiger partial charge in [-0.1, -0.05) is 0 Å². The van der Waals surface area contributed by atoms with Gasteiger partial charge in [0.2, 0.25) is 0 Å². The largest absolute Gasteiger partial charge is 0.493 e. The van der Waals surface area contributed by atoms with Crippen LogP contribution in [0.1, 0.15) is 0 Å². The zero-order chi connectivity index (χ0) is 21.4. The topological polar surface area (TPSA) is 96.8 Å². The van der Waals surface area contributed by atoms with Crippen LogP contribution in [0.25, 0.3) is 22.5 Å². The van der Waals surface area contributed by atoms with Crippen LogP contribution in [0.3, 0.4) is 0 Å². The fourth-order valence-corrected chi connectivity index (χ4v) is 3.46. The van der Waals surface area contributed by atoms with E-state index >= 15 is 0 Å². The maximum atomic E-state index is 12.7. The van der Waals surface area contributed by atoms with Gasteiger partial charge in [0.25, 0.3) is 11.1 Å². The van der Waals surface area contributed by atoms with Crippen molar-refractivity contribution >= 4 is 0 Å². The first-order valence-electron chi connectivity index (χ1n) is 8.98. The highest BCUT2D eigenvalue weighted by Crippen LogP contribution is 2.34. The molecule has 30 heavy (non-hydrogen) atoms. The summed E-state index contributed by atoms with van der Waals surface area (Å²) in [7, 11) is 6.07. The molecule has 0 bridgehead atoms. The number of hydrogen-bond donors (Lipinski definition) is 0. The first-order chi connectivity index (χ1) is 14.5. The van der Waals surface area contributed by atoms with Gasteiger partial charge in [0, 0.05) is 11.1 Å². The van der Waals surface area contributed by atoms with E-state index in [1.54, 1.807) is 36.4 Å². The van der Waals surface area contributed by atoms with Gasteiger partial charge >= 0.3 is 0 Å². The van der Waals surface area contributed by atoms with E-state index < -0.39 is 11.1 Å². The van der Waals surface area contributed by atoms with Crippen molar-refractivity contribution in [3.8, 4) is 45.5 Å². The van der Waals surface area contributed by atoms with Crippen LogP contribution in [0.5, 0.6) is 23.0 Å². The van der Waals surface area contributed by atoms with Crippen molar-refractivity contribution in [2.75, 3.05) is 28.4 Å². The Hall–Kier alpha value is -3.94. The molecular weight excluding hydrogens is 388 g/mol. The molecule has 0 amide bonds. The molecule has 152 valence electrons. The molecule has 2 aliphatic rings. The molecule has 2 aromatic carbocycles. The van der Waals surface area contributed by atoms with E-state index in [2.05, 4.69) is 9.97 Å². The van der Waals surface area contributed by atoms with Crippen LogP contribution < -0.4 is 30.1 Å². The quantitative estimate of drug-likeness (QED) is 0.481. The van der Waals surface area contributed by atoms with Crippen LogP contribution in [0, 0.1) is 10.4 Å². The minimum absolute atomic E-state index is 0.178. The summed E-state index contributed by atoms with van der Waals surface area (Å²) in [5, 5.41) is 0.356. The molecule has 0 fully saturated rings. The molecule has 8 heteroatoms. The predicted octanol–water partition coefficient (Wildman–Crippen LogP) is 2.17. The molecule has 0 N–H and O–H groups in total. The van der Waals surface area contributed by atoms with Crippen molar-refractivity contribution in [1.29, 1.82) is 0 Å². The molecule has 0 aliphatic carbocycles. The summed E-state index contributed by atoms with van der Waals surface area (Å²) in [6.07, 6.45) is 0. The lowest BCUT2D eigenvalue weighted by Gasteiger charge is -2.08. The molecule has 4 rings (SSSR count). The number of ether oxygens (including phenoxy) is 4. The van der Waals surface area contributed by atoms with Gasteiger partial charge in [0.15, 0.2) is 23.0 Å². The average molecular weight is 406 g/mol. The van der Waals surface area contributed by atoms with Crippen LogP contribution in [0.15, 0.2) is 46.0 Å². The third kappa shape index (κ3) is 2.93. The second kappa shape index (κ2) is 7.47. The summed E-state index contributed by atoms with van der Waals surface area (Å²) < 4.78 is 21.1. The highest BCUT2D eigenvalue weighted by Gasteiger charge is 2.21. The third-order valence-corrected chi connectivity index (χ3v) is 4.89. The molecule has 2 heterocycles. The Morgan fingerprint density at radius 1 is 0.567 bits per heavy atom. The number of rotatable bonds is 6. The van der Waals surface area contributed by atoms with Crippen molar-refractivity contribution in [1.82, 2.24) is 9.97 Å². The Kier molecular flexibility index (Phi) is 4.83. The Labute approximate surface area is 171 Å². The maximum absolute atomic E-state index is 12.7. The third-order valence-electron chi connectivity index (χ3n) is 4.89. The Bertz CT molecular complexity index is 1280. The molecule has 8 nitrogen and oxygen atoms in total. The van der Waals surface area contributed by atoms with Crippen LogP contribution in [-0.4, -0.2) is 38.4 Å². The Morgan fingerprint density at radius 2 is 0.933 bits per heavy atom. The second-order valence-electron chi connectivity index (χ2n) is 6.42. The number of hydrogen-bond acceptors (Lipinski definition) is 8. The number of methoxy groups -OCH3 is 4. The zero-order valence-corrected chi connectivity index (χ0v) is 16.8. The normalized spacial score (nSPS) is 10.9. The van der Waals surface area contributed by atoms with E-state index in [0.717, 1.165) is 0 Å². The Morgan fingerprint density at radius 3 is 1.27 bits per heavy atom. The van der Waals surface area contributed by atoms with Gasteiger partial charge in [-0.25, -0.2) is 9.97 Å². The summed E-state index contributed by atoms with van der Waals surface area (Å²) in [5.41, 5.74) is 0.606. The molecule has 0 aromatic heterocycles. The highest BCUT2D eigenvalue weighted by molar-refractivity contribution is 5.70. The van der Waals surface area contributed by atoms with Gasteiger partial charge in [0.05, 0.1) is 50.3 Å². The van der Waals surface area contributed by atoms with Crippen LogP contribution in [0.4, 0.5) is 0 Å². The number of aromatic nitrogens is 2. The average Bonchev–Trinajstić information content (AvgIpc) is 3.30. The molecule has 0 unspecified atom stereocenters. The van der Waals surface area contributed by atoms with E-state index in [4.69, 9.17) is 18.9 Å². The van der Waals surface area contributed by atoms with Gasteiger partial charge in [-0.05, 0) is 36.4 Å². The smallest absolute Gasteiger partial charge is 0.280 e. The van der Waals surface area contributed by atoms with Gasteiger partial charge in [-0.15, -0.1) is 0 Å². The van der Waals surface area contributed by atoms with Crippen molar-refractivity contribution in [3.05, 3.63) is 67.5 Å². The van der Waals surface area contributed by atoms with Crippen LogP contribution >= 0.6 is 0 Å². The van der Waals surface area contributed by atoms with Gasteiger partial charge in [-0.2, -0.15) is 0 Å². The highest BCUT2D eigenvalue weighted by atomic mass is 16.5. The van der Waals surface area contributed by atoms with Gasteiger partial charge < -0.3 is 18.9 Å². The van der Waals surface area contributed by atoms with E-state index in [-0.39, 0.29) is 21.8 Å². The summed E-state index contributed by atoms with van der Waals surface area (Å²) in [6, 6.07) is 10.1. The SMILES string of the molecule is COc1ccc(-c2nc(=O)c3c(-c4ccc(OC)c(OC)c4)nc(=O)c2=3)cc1OC. The Balaban J connectivity index is 1.96. The van der Waals surface area contributed by atoms with Crippen LogP contribution in [0.2, 0.25) is 0 Å². The van der Waals surface area contributed by atoms with Crippen molar-refractivity contribution in [2.45, 2.75) is 0 Å². The van der Waals surface area contributed by atoms with Gasteiger partial charge in [0.1, 0.15) is 0 Å². The van der Waals surface area contributed by atoms with Crippen molar-refractivity contribution < 1.29 is 18.9 Å². The standard InChI is InChI=1S/C22H18N2O6/c1-27-13-7-5-11(9-15(13)29-3)19-17-18(22(26)23-19)20(24-21(17)25)12-6-8-14(28-2)16(10-12)30-4/h5-10H,1-4H3. The minimum atomic E-state index is -0.519. The lowest BCUT2D eigenvalue weighted by molar-refractivity contribution is 0.355. The van der Waals surface area contributed by atoms with Crippen molar-refractivity contribution in [3.63, 3.8) is 0 Å². The number of benzene rings is 2. The zero-order valence-electron chi connectivity index (χ0n) is 16.8. The predicted molar refractivity (Wildman–Crippen MR) is 109 cm³/mol. The molecule has 2 aromatic rings. The maximum Gasteiger partial charge on any atom is 0.280 e. The fourth-order valence-electron chi connectivity index (χ4n) is 3.46. The van der Waals surface area contributed by atoms with E-state index in [9.17, 15) is 9.59 Å². The second-order valence-corrected chi connectivity index (χ2v) is 6.42. The molecular formula is C22H18N2O6. The van der Waals surface area contributed by atoms with E-state index in [1.807, 2.05) is 0 Å². The summed E-state index contributed by atoms with van der Waals surface area (Å²) in [6.45, 7) is 0. The monoisotopic (exact) mass is 406 g/mol. The molecule has 0 atom stereocenters. The van der Waals surface area contributed by atoms with E-state index in [1.165, 1.54) is 28.4 Å². The molecule has 0 radical (unpaired) electrons. The van der Waals surface area contributed by atoms with Crippen LogP contribution in [-0.2, 0) is 0 Å². The van der Waals surface area contributed by atoms with Gasteiger partial charge in [-0.3, -0.25) is 9.59 Å². The molecule has 0 saturated heterocycles. The first-order valence-corrected chi connectivity index (χ1v) is 8.98. The lowest BCUT2D eigenvalue weighted by atomic mass is 10.1. The fraction of sp³-hybridized carbons (Fsp3) is 0.182. The first kappa shape index (κ1) is 19.4. The summed E-state index contributed by atoms with van der Waals surface area (Å²) in [5.74, 6) is 1.98. The lowest BCUT2D eigenvalue weighted by Crippen LogP contribution is -2.04. The minimum Gasteiger partial charge on any atom is -0.493 e. The number of nitrogens with zero attached hydrogens (tertiary/aromatic N) is 2. The van der Waals surface area contributed by atoms with E-state index in [0.29, 0.717) is 34.1 Å². The summed E-state index contributed by atoms with van der Waals surface area (Å²) in [4.78, 5) is 33.7.